The Hall–Kier alpha value is -0.940. The lowest BCUT2D eigenvalue weighted by Gasteiger charge is -1.86. The van der Waals surface area contributed by atoms with Crippen molar-refractivity contribution in [3.8, 4) is 0 Å². The first-order valence-electron chi connectivity index (χ1n) is 3.38. The Morgan fingerprint density at radius 2 is 2.58 bits per heavy atom. The Labute approximate surface area is 80.3 Å². The molecule has 0 fully saturated rings. The minimum absolute atomic E-state index is 0.237. The SMILES string of the molecule is Cc1ccsc1C=[NH+]NC(N)=S. The molecule has 0 saturated carbocycles. The lowest BCUT2D eigenvalue weighted by molar-refractivity contribution is -0.499. The summed E-state index contributed by atoms with van der Waals surface area (Å²) < 4.78 is 0. The van der Waals surface area contributed by atoms with E-state index in [1.165, 1.54) is 10.4 Å². The maximum absolute atomic E-state index is 5.21. The molecule has 0 bridgehead atoms. The van der Waals surface area contributed by atoms with Gasteiger partial charge in [0, 0.05) is 0 Å². The highest BCUT2D eigenvalue weighted by Crippen LogP contribution is 2.10. The van der Waals surface area contributed by atoms with Gasteiger partial charge in [-0.3, -0.25) is 0 Å². The molecule has 4 N–H and O–H groups in total. The van der Waals surface area contributed by atoms with Crippen LogP contribution in [0.4, 0.5) is 0 Å². The standard InChI is InChI=1S/C7H9N3S2/c1-5-2-3-12-6(5)4-9-10-7(8)11/h2-4H,1H3,(H3,8,10,11)/p+1. The second-order valence-corrected chi connectivity index (χ2v) is 3.63. The topological polar surface area (TPSA) is 52.0 Å². The molecule has 0 unspecified atom stereocenters. The Bertz CT molecular complexity index is 303. The van der Waals surface area contributed by atoms with Gasteiger partial charge >= 0.3 is 0 Å². The molecule has 0 amide bonds. The van der Waals surface area contributed by atoms with E-state index in [0.717, 1.165) is 0 Å². The third kappa shape index (κ3) is 2.60. The first-order valence-corrected chi connectivity index (χ1v) is 4.67. The molecule has 0 aliphatic carbocycles. The van der Waals surface area contributed by atoms with Crippen LogP contribution in [-0.4, -0.2) is 11.3 Å². The molecule has 1 heterocycles. The zero-order valence-electron chi connectivity index (χ0n) is 6.63. The second kappa shape index (κ2) is 4.18. The monoisotopic (exact) mass is 200 g/mol. The summed E-state index contributed by atoms with van der Waals surface area (Å²) in [6.45, 7) is 2.05. The molecule has 0 saturated heterocycles. The third-order valence-corrected chi connectivity index (χ3v) is 2.37. The van der Waals surface area contributed by atoms with Crippen LogP contribution < -0.4 is 16.3 Å². The fourth-order valence-electron chi connectivity index (χ4n) is 0.705. The Balaban J connectivity index is 2.57. The van der Waals surface area contributed by atoms with Gasteiger partial charge < -0.3 is 5.73 Å². The number of hydrogen-bond donors (Lipinski definition) is 3. The van der Waals surface area contributed by atoms with E-state index in [1.54, 1.807) is 11.3 Å². The van der Waals surface area contributed by atoms with Gasteiger partial charge in [-0.05, 0) is 36.2 Å². The summed E-state index contributed by atoms with van der Waals surface area (Å²) in [6, 6.07) is 2.05. The van der Waals surface area contributed by atoms with Crippen LogP contribution in [0.1, 0.15) is 10.4 Å². The highest BCUT2D eigenvalue weighted by atomic mass is 32.1. The van der Waals surface area contributed by atoms with Crippen molar-refractivity contribution < 1.29 is 5.10 Å². The lowest BCUT2D eigenvalue weighted by Crippen LogP contribution is -2.82. The Kier molecular flexibility index (Phi) is 3.19. The van der Waals surface area contributed by atoms with Crippen LogP contribution in [-0.2, 0) is 0 Å². The molecule has 3 nitrogen and oxygen atoms in total. The first kappa shape index (κ1) is 9.15. The fraction of sp³-hybridized carbons (Fsp3) is 0.143. The van der Waals surface area contributed by atoms with Crippen LogP contribution >= 0.6 is 23.6 Å². The first-order chi connectivity index (χ1) is 5.70. The normalized spacial score (nSPS) is 10.4. The van der Waals surface area contributed by atoms with E-state index in [9.17, 15) is 0 Å². The van der Waals surface area contributed by atoms with Crippen LogP contribution in [0, 0.1) is 6.92 Å². The minimum Gasteiger partial charge on any atom is -0.372 e. The largest absolute Gasteiger partial charge is 0.372 e. The van der Waals surface area contributed by atoms with Crippen molar-refractivity contribution in [2.24, 2.45) is 5.73 Å². The van der Waals surface area contributed by atoms with Crippen molar-refractivity contribution in [1.82, 2.24) is 5.43 Å². The number of nitrogens with two attached hydrogens (primary N) is 1. The summed E-state index contributed by atoms with van der Waals surface area (Å²) in [6.07, 6.45) is 1.83. The van der Waals surface area contributed by atoms with Gasteiger partial charge in [-0.25, -0.2) is 0 Å². The van der Waals surface area contributed by atoms with E-state index < -0.39 is 0 Å². The van der Waals surface area contributed by atoms with Gasteiger partial charge in [0.2, 0.25) is 11.3 Å². The zero-order valence-corrected chi connectivity index (χ0v) is 8.26. The number of nitrogens with one attached hydrogen (secondary N) is 2. The van der Waals surface area contributed by atoms with Crippen molar-refractivity contribution in [2.75, 3.05) is 0 Å². The molecule has 5 heteroatoms. The molecule has 0 aliphatic heterocycles. The number of aryl methyl sites for hydroxylation is 1. The number of hydrogen-bond acceptors (Lipinski definition) is 2. The summed E-state index contributed by atoms with van der Waals surface area (Å²) in [5, 5.41) is 5.07. The lowest BCUT2D eigenvalue weighted by atomic mass is 10.3. The van der Waals surface area contributed by atoms with E-state index in [4.69, 9.17) is 5.73 Å². The number of thiophene rings is 1. The van der Waals surface area contributed by atoms with Gasteiger partial charge in [0.1, 0.15) is 0 Å². The molecule has 1 aromatic heterocycles. The molecule has 0 spiro atoms. The molecular formula is C7H10N3S2+. The van der Waals surface area contributed by atoms with Gasteiger partial charge in [-0.2, -0.15) is 0 Å². The molecular weight excluding hydrogens is 190 g/mol. The van der Waals surface area contributed by atoms with E-state index in [2.05, 4.69) is 28.8 Å². The Morgan fingerprint density at radius 1 is 1.83 bits per heavy atom. The van der Waals surface area contributed by atoms with E-state index >= 15 is 0 Å². The van der Waals surface area contributed by atoms with Crippen molar-refractivity contribution in [3.63, 3.8) is 0 Å². The zero-order chi connectivity index (χ0) is 8.97. The number of thiocarbonyl (C=S) groups is 1. The molecule has 1 aromatic rings. The molecule has 12 heavy (non-hydrogen) atoms. The quantitative estimate of drug-likeness (QED) is 0.336. The number of hydrazone groups is 1. The predicted molar refractivity (Wildman–Crippen MR) is 55.1 cm³/mol. The highest BCUT2D eigenvalue weighted by Gasteiger charge is 1.97. The molecule has 0 radical (unpaired) electrons. The van der Waals surface area contributed by atoms with Crippen LogP contribution in [0.3, 0.4) is 0 Å². The summed E-state index contributed by atoms with van der Waals surface area (Å²) in [7, 11) is 0. The van der Waals surface area contributed by atoms with E-state index in [-0.39, 0.29) is 5.11 Å². The van der Waals surface area contributed by atoms with Gasteiger partial charge in [0.15, 0.2) is 0 Å². The molecule has 64 valence electrons. The van der Waals surface area contributed by atoms with E-state index in [0.29, 0.717) is 0 Å². The van der Waals surface area contributed by atoms with Gasteiger partial charge in [0.05, 0.1) is 4.88 Å². The second-order valence-electron chi connectivity index (χ2n) is 2.25. The summed E-state index contributed by atoms with van der Waals surface area (Å²) in [5.74, 6) is 0. The summed E-state index contributed by atoms with van der Waals surface area (Å²) >= 11 is 6.27. The maximum atomic E-state index is 5.21. The highest BCUT2D eigenvalue weighted by molar-refractivity contribution is 7.80. The van der Waals surface area contributed by atoms with Crippen molar-refractivity contribution >= 4 is 34.9 Å². The molecule has 1 rings (SSSR count). The summed E-state index contributed by atoms with van der Waals surface area (Å²) in [5.41, 5.74) is 9.07. The van der Waals surface area contributed by atoms with Crippen LogP contribution in [0.5, 0.6) is 0 Å². The van der Waals surface area contributed by atoms with Gasteiger partial charge in [-0.15, -0.1) is 21.9 Å². The molecule has 0 aliphatic rings. The molecule has 0 aromatic carbocycles. The number of rotatable bonds is 2. The fourth-order valence-corrected chi connectivity index (χ4v) is 1.56. The number of hydrazine groups is 1. The van der Waals surface area contributed by atoms with Crippen molar-refractivity contribution in [3.05, 3.63) is 21.9 Å². The van der Waals surface area contributed by atoms with Crippen LogP contribution in [0.2, 0.25) is 0 Å². The van der Waals surface area contributed by atoms with Gasteiger partial charge in [0.25, 0.3) is 0 Å². The van der Waals surface area contributed by atoms with E-state index in [1.807, 2.05) is 18.5 Å². The van der Waals surface area contributed by atoms with Crippen molar-refractivity contribution in [2.45, 2.75) is 6.92 Å². The van der Waals surface area contributed by atoms with Gasteiger partial charge in [-0.1, -0.05) is 0 Å². The van der Waals surface area contributed by atoms with Crippen molar-refractivity contribution in [1.29, 1.82) is 0 Å². The minimum atomic E-state index is 0.237. The average Bonchev–Trinajstić information content (AvgIpc) is 2.36. The van der Waals surface area contributed by atoms with Crippen LogP contribution in [0.15, 0.2) is 11.4 Å². The van der Waals surface area contributed by atoms with Crippen LogP contribution in [0.25, 0.3) is 0 Å². The average molecular weight is 200 g/mol. The predicted octanol–water partition coefficient (Wildman–Crippen LogP) is -0.696. The Morgan fingerprint density at radius 3 is 3.08 bits per heavy atom. The maximum Gasteiger partial charge on any atom is 0.221 e. The summed E-state index contributed by atoms with van der Waals surface area (Å²) in [4.78, 5) is 1.17. The molecule has 0 atom stereocenters. The third-order valence-electron chi connectivity index (χ3n) is 1.30. The smallest absolute Gasteiger partial charge is 0.221 e.